The van der Waals surface area contributed by atoms with Gasteiger partial charge in [0.2, 0.25) is 0 Å². The minimum Gasteiger partial charge on any atom is -0.507 e. The van der Waals surface area contributed by atoms with E-state index in [9.17, 15) is 15.3 Å². The van der Waals surface area contributed by atoms with Crippen LogP contribution in [-0.4, -0.2) is 15.3 Å². The normalized spacial score (nSPS) is 10.6. The number of benzene rings is 2. The molecule has 2 rings (SSSR count). The summed E-state index contributed by atoms with van der Waals surface area (Å²) in [5.74, 6) is -0.428. The summed E-state index contributed by atoms with van der Waals surface area (Å²) in [6.45, 7) is 5.19. The van der Waals surface area contributed by atoms with E-state index in [1.165, 1.54) is 0 Å². The minimum absolute atomic E-state index is 0.0112. The van der Waals surface area contributed by atoms with Gasteiger partial charge in [0.25, 0.3) is 0 Å². The van der Waals surface area contributed by atoms with Crippen molar-refractivity contribution >= 4 is 0 Å². The maximum atomic E-state index is 10.2. The van der Waals surface area contributed by atoms with Gasteiger partial charge in [0.05, 0.1) is 0 Å². The molecule has 0 aliphatic rings. The lowest BCUT2D eigenvalue weighted by Crippen LogP contribution is -1.92. The summed E-state index contributed by atoms with van der Waals surface area (Å²) < 4.78 is 0. The summed E-state index contributed by atoms with van der Waals surface area (Å²) >= 11 is 0. The summed E-state index contributed by atoms with van der Waals surface area (Å²) in [6.07, 6.45) is 0. The van der Waals surface area contributed by atoms with Crippen molar-refractivity contribution in [1.82, 2.24) is 0 Å². The molecule has 0 atom stereocenters. The van der Waals surface area contributed by atoms with Crippen molar-refractivity contribution in [2.75, 3.05) is 0 Å². The highest BCUT2D eigenvalue weighted by molar-refractivity contribution is 5.81. The van der Waals surface area contributed by atoms with E-state index in [1.54, 1.807) is 13.8 Å². The first kappa shape index (κ1) is 12.3. The standard InChI is InChI=1S/C15H16O3/c1-8-6-4-5-7-11(8)12-9(2)14(17)15(18)10(3)13(12)16/h4-7,16-18H,1-3H3. The molecular formula is C15H16O3. The highest BCUT2D eigenvalue weighted by Crippen LogP contribution is 2.46. The first-order valence-electron chi connectivity index (χ1n) is 5.75. The van der Waals surface area contributed by atoms with Gasteiger partial charge in [-0.3, -0.25) is 0 Å². The Hall–Kier alpha value is -2.16. The third-order valence-electron chi connectivity index (χ3n) is 3.32. The van der Waals surface area contributed by atoms with E-state index < -0.39 is 0 Å². The Labute approximate surface area is 106 Å². The Kier molecular flexibility index (Phi) is 2.91. The molecule has 0 amide bonds. The van der Waals surface area contributed by atoms with E-state index in [1.807, 2.05) is 31.2 Å². The van der Waals surface area contributed by atoms with Gasteiger partial charge in [-0.2, -0.15) is 0 Å². The van der Waals surface area contributed by atoms with Crippen molar-refractivity contribution in [3.63, 3.8) is 0 Å². The summed E-state index contributed by atoms with van der Waals surface area (Å²) in [4.78, 5) is 0. The van der Waals surface area contributed by atoms with Crippen LogP contribution in [0.25, 0.3) is 11.1 Å². The van der Waals surface area contributed by atoms with Gasteiger partial charge in [0, 0.05) is 16.7 Å². The maximum Gasteiger partial charge on any atom is 0.164 e. The van der Waals surface area contributed by atoms with E-state index in [-0.39, 0.29) is 22.8 Å². The Morgan fingerprint density at radius 3 is 1.89 bits per heavy atom. The monoisotopic (exact) mass is 244 g/mol. The molecule has 0 radical (unpaired) electrons. The first-order valence-corrected chi connectivity index (χ1v) is 5.75. The topological polar surface area (TPSA) is 60.7 Å². The third kappa shape index (κ3) is 1.68. The van der Waals surface area contributed by atoms with Crippen molar-refractivity contribution in [3.05, 3.63) is 41.0 Å². The van der Waals surface area contributed by atoms with Crippen molar-refractivity contribution in [2.24, 2.45) is 0 Å². The van der Waals surface area contributed by atoms with Crippen LogP contribution in [0.1, 0.15) is 16.7 Å². The van der Waals surface area contributed by atoms with E-state index in [4.69, 9.17) is 0 Å². The fourth-order valence-electron chi connectivity index (χ4n) is 2.13. The Morgan fingerprint density at radius 1 is 0.722 bits per heavy atom. The van der Waals surface area contributed by atoms with Crippen LogP contribution in [0.15, 0.2) is 24.3 Å². The first-order chi connectivity index (χ1) is 8.45. The van der Waals surface area contributed by atoms with Crippen molar-refractivity contribution < 1.29 is 15.3 Å². The Bertz CT molecular complexity index is 586. The lowest BCUT2D eigenvalue weighted by atomic mass is 9.92. The molecule has 0 aliphatic carbocycles. The number of hydrogen-bond acceptors (Lipinski definition) is 3. The van der Waals surface area contributed by atoms with E-state index in [0.717, 1.165) is 11.1 Å². The zero-order valence-corrected chi connectivity index (χ0v) is 10.7. The summed E-state index contributed by atoms with van der Waals surface area (Å²) in [6, 6.07) is 7.61. The fraction of sp³-hybridized carbons (Fsp3) is 0.200. The quantitative estimate of drug-likeness (QED) is 0.532. The zero-order chi connectivity index (χ0) is 13.4. The van der Waals surface area contributed by atoms with Gasteiger partial charge in [0.1, 0.15) is 5.75 Å². The van der Waals surface area contributed by atoms with Crippen LogP contribution in [-0.2, 0) is 0 Å². The van der Waals surface area contributed by atoms with Gasteiger partial charge >= 0.3 is 0 Å². The zero-order valence-electron chi connectivity index (χ0n) is 10.7. The molecule has 3 N–H and O–H groups in total. The minimum atomic E-state index is -0.262. The molecular weight excluding hydrogens is 228 g/mol. The fourth-order valence-corrected chi connectivity index (χ4v) is 2.13. The third-order valence-corrected chi connectivity index (χ3v) is 3.32. The molecule has 18 heavy (non-hydrogen) atoms. The summed E-state index contributed by atoms with van der Waals surface area (Å²) in [5, 5.41) is 29.8. The molecule has 2 aromatic rings. The average Bonchev–Trinajstić information content (AvgIpc) is 2.36. The van der Waals surface area contributed by atoms with Crippen LogP contribution < -0.4 is 0 Å². The van der Waals surface area contributed by atoms with Crippen LogP contribution in [0.2, 0.25) is 0 Å². The van der Waals surface area contributed by atoms with Gasteiger partial charge in [0.15, 0.2) is 11.5 Å². The van der Waals surface area contributed by atoms with Gasteiger partial charge < -0.3 is 15.3 Å². The van der Waals surface area contributed by atoms with Gasteiger partial charge in [-0.25, -0.2) is 0 Å². The molecule has 2 aromatic carbocycles. The molecule has 0 spiro atoms. The molecule has 0 aliphatic heterocycles. The van der Waals surface area contributed by atoms with Crippen LogP contribution in [0.4, 0.5) is 0 Å². The highest BCUT2D eigenvalue weighted by atomic mass is 16.3. The average molecular weight is 244 g/mol. The van der Waals surface area contributed by atoms with Crippen LogP contribution in [0.3, 0.4) is 0 Å². The van der Waals surface area contributed by atoms with Crippen molar-refractivity contribution in [1.29, 1.82) is 0 Å². The number of phenolic OH excluding ortho intramolecular Hbond substituents is 3. The molecule has 0 saturated heterocycles. The van der Waals surface area contributed by atoms with Crippen LogP contribution in [0, 0.1) is 20.8 Å². The van der Waals surface area contributed by atoms with Gasteiger partial charge in [-0.15, -0.1) is 0 Å². The molecule has 3 nitrogen and oxygen atoms in total. The molecule has 0 unspecified atom stereocenters. The van der Waals surface area contributed by atoms with Gasteiger partial charge in [-0.1, -0.05) is 24.3 Å². The molecule has 94 valence electrons. The number of phenols is 3. The predicted molar refractivity (Wildman–Crippen MR) is 71.1 cm³/mol. The smallest absolute Gasteiger partial charge is 0.164 e. The number of aromatic hydroxyl groups is 3. The van der Waals surface area contributed by atoms with Crippen LogP contribution in [0.5, 0.6) is 17.2 Å². The largest absolute Gasteiger partial charge is 0.507 e. The van der Waals surface area contributed by atoms with Crippen molar-refractivity contribution in [2.45, 2.75) is 20.8 Å². The lowest BCUT2D eigenvalue weighted by Gasteiger charge is -2.16. The number of aryl methyl sites for hydroxylation is 1. The number of hydrogen-bond donors (Lipinski definition) is 3. The Morgan fingerprint density at radius 2 is 1.28 bits per heavy atom. The molecule has 0 aromatic heterocycles. The molecule has 0 saturated carbocycles. The summed E-state index contributed by atoms with van der Waals surface area (Å²) in [5.41, 5.74) is 3.19. The molecule has 0 heterocycles. The molecule has 3 heteroatoms. The van der Waals surface area contributed by atoms with E-state index in [2.05, 4.69) is 0 Å². The second-order valence-electron chi connectivity index (χ2n) is 4.49. The number of rotatable bonds is 1. The van der Waals surface area contributed by atoms with E-state index in [0.29, 0.717) is 11.1 Å². The van der Waals surface area contributed by atoms with E-state index >= 15 is 0 Å². The molecule has 0 fully saturated rings. The van der Waals surface area contributed by atoms with Crippen molar-refractivity contribution in [3.8, 4) is 28.4 Å². The second kappa shape index (κ2) is 4.26. The predicted octanol–water partition coefficient (Wildman–Crippen LogP) is 3.40. The van der Waals surface area contributed by atoms with Gasteiger partial charge in [-0.05, 0) is 31.9 Å². The second-order valence-corrected chi connectivity index (χ2v) is 4.49. The maximum absolute atomic E-state index is 10.2. The molecule has 0 bridgehead atoms. The Balaban J connectivity index is 2.85. The van der Waals surface area contributed by atoms with Crippen LogP contribution >= 0.6 is 0 Å². The summed E-state index contributed by atoms with van der Waals surface area (Å²) in [7, 11) is 0. The SMILES string of the molecule is Cc1ccccc1-c1c(C)c(O)c(O)c(C)c1O. The lowest BCUT2D eigenvalue weighted by molar-refractivity contribution is 0.390. The highest BCUT2D eigenvalue weighted by Gasteiger charge is 2.20.